The fourth-order valence-corrected chi connectivity index (χ4v) is 4.59. The molecule has 180 valence electrons. The number of fused-ring (bicyclic) bond motifs is 7. The van der Waals surface area contributed by atoms with Crippen molar-refractivity contribution in [3.8, 4) is 0 Å². The number of ether oxygens (including phenoxy) is 1. The van der Waals surface area contributed by atoms with Crippen LogP contribution in [0.15, 0.2) is 54.9 Å². The fourth-order valence-electron chi connectivity index (χ4n) is 4.59. The average Bonchev–Trinajstić information content (AvgIpc) is 2.92. The Labute approximate surface area is 205 Å². The Morgan fingerprint density at radius 1 is 0.833 bits per heavy atom. The Balaban J connectivity index is 1.31. The van der Waals surface area contributed by atoms with Gasteiger partial charge in [0.25, 0.3) is 0 Å². The number of amides is 3. The molecular weight excluding hydrogens is 458 g/mol. The lowest BCUT2D eigenvalue weighted by atomic mass is 10.1. The number of pyridine rings is 2. The van der Waals surface area contributed by atoms with Crippen LogP contribution < -0.4 is 5.32 Å². The minimum Gasteiger partial charge on any atom is -0.450 e. The SMILES string of the molecule is CCOC(=O)N1CCN(C(=O)Nc2ccc3nc4c5cccnc5c5ncccc5c4nc3c2)CC1. The zero-order valence-corrected chi connectivity index (χ0v) is 19.6. The van der Waals surface area contributed by atoms with Crippen LogP contribution in [0, 0.1) is 0 Å². The Bertz CT molecular complexity index is 1650. The number of rotatable bonds is 2. The van der Waals surface area contributed by atoms with Gasteiger partial charge in [-0.2, -0.15) is 0 Å². The van der Waals surface area contributed by atoms with Crippen LogP contribution in [0.5, 0.6) is 0 Å². The number of aromatic nitrogens is 4. The van der Waals surface area contributed by atoms with E-state index in [-0.39, 0.29) is 12.1 Å². The van der Waals surface area contributed by atoms with Crippen LogP contribution in [0.1, 0.15) is 6.92 Å². The van der Waals surface area contributed by atoms with Crippen LogP contribution in [0.3, 0.4) is 0 Å². The van der Waals surface area contributed by atoms with Crippen molar-refractivity contribution >= 4 is 61.7 Å². The number of anilines is 1. The highest BCUT2D eigenvalue weighted by atomic mass is 16.6. The lowest BCUT2D eigenvalue weighted by Crippen LogP contribution is -2.51. The summed E-state index contributed by atoms with van der Waals surface area (Å²) in [7, 11) is 0. The van der Waals surface area contributed by atoms with E-state index in [1.807, 2.05) is 42.5 Å². The van der Waals surface area contributed by atoms with Gasteiger partial charge < -0.3 is 19.9 Å². The maximum absolute atomic E-state index is 12.9. The zero-order chi connectivity index (χ0) is 24.6. The van der Waals surface area contributed by atoms with Gasteiger partial charge in [0.2, 0.25) is 0 Å². The highest BCUT2D eigenvalue weighted by Crippen LogP contribution is 2.32. The van der Waals surface area contributed by atoms with E-state index in [1.54, 1.807) is 29.1 Å². The number of carbonyl (C=O) groups is 2. The van der Waals surface area contributed by atoms with Gasteiger partial charge in [-0.1, -0.05) is 0 Å². The largest absolute Gasteiger partial charge is 0.450 e. The first-order chi connectivity index (χ1) is 17.6. The molecule has 3 aromatic heterocycles. The normalized spacial score (nSPS) is 14.0. The van der Waals surface area contributed by atoms with Gasteiger partial charge in [-0.15, -0.1) is 0 Å². The average molecular weight is 482 g/mol. The highest BCUT2D eigenvalue weighted by Gasteiger charge is 2.25. The number of piperazine rings is 1. The summed E-state index contributed by atoms with van der Waals surface area (Å²) in [5.74, 6) is 0. The summed E-state index contributed by atoms with van der Waals surface area (Å²) in [5.41, 5.74) is 5.09. The van der Waals surface area contributed by atoms with Crippen molar-refractivity contribution in [1.82, 2.24) is 29.7 Å². The summed E-state index contributed by atoms with van der Waals surface area (Å²) < 4.78 is 5.04. The minimum absolute atomic E-state index is 0.224. The van der Waals surface area contributed by atoms with E-state index in [9.17, 15) is 9.59 Å². The number of benzene rings is 2. The second-order valence-corrected chi connectivity index (χ2v) is 8.53. The molecule has 2 aromatic carbocycles. The molecule has 1 aliphatic rings. The molecule has 1 saturated heterocycles. The summed E-state index contributed by atoms with van der Waals surface area (Å²) in [5, 5.41) is 4.72. The van der Waals surface area contributed by atoms with Crippen LogP contribution in [-0.4, -0.2) is 74.6 Å². The second-order valence-electron chi connectivity index (χ2n) is 8.53. The standard InChI is InChI=1S/C26H23N7O3/c1-2-36-26(35)33-13-11-32(12-14-33)25(34)29-16-7-8-19-20(15-16)31-24-18-6-4-10-28-22(18)21-17(23(24)30-19)5-3-9-27-21/h3-10,15H,2,11-14H2,1H3,(H,29,34). The summed E-state index contributed by atoms with van der Waals surface area (Å²) in [6, 6.07) is 13.0. The summed E-state index contributed by atoms with van der Waals surface area (Å²) in [6.45, 7) is 3.85. The van der Waals surface area contributed by atoms with Crippen molar-refractivity contribution in [2.45, 2.75) is 6.92 Å². The molecule has 3 amide bonds. The number of nitrogens with one attached hydrogen (secondary N) is 1. The molecule has 1 aliphatic heterocycles. The smallest absolute Gasteiger partial charge is 0.409 e. The van der Waals surface area contributed by atoms with E-state index in [4.69, 9.17) is 14.7 Å². The molecule has 0 radical (unpaired) electrons. The number of hydrogen-bond donors (Lipinski definition) is 1. The van der Waals surface area contributed by atoms with Gasteiger partial charge in [0.05, 0.1) is 39.7 Å². The molecule has 36 heavy (non-hydrogen) atoms. The maximum Gasteiger partial charge on any atom is 0.409 e. The predicted molar refractivity (Wildman–Crippen MR) is 137 cm³/mol. The minimum atomic E-state index is -0.343. The van der Waals surface area contributed by atoms with E-state index in [1.165, 1.54) is 0 Å². The maximum atomic E-state index is 12.9. The summed E-state index contributed by atoms with van der Waals surface area (Å²) >= 11 is 0. The Kier molecular flexibility index (Phi) is 5.40. The third-order valence-electron chi connectivity index (χ3n) is 6.36. The van der Waals surface area contributed by atoms with Gasteiger partial charge in [0, 0.05) is 55.0 Å². The summed E-state index contributed by atoms with van der Waals surface area (Å²) in [4.78, 5) is 47.0. The third kappa shape index (κ3) is 3.76. The molecule has 6 rings (SSSR count). The lowest BCUT2D eigenvalue weighted by molar-refractivity contribution is 0.0868. The Hall–Kier alpha value is -4.60. The molecule has 0 saturated carbocycles. The molecule has 4 heterocycles. The van der Waals surface area contributed by atoms with Crippen LogP contribution >= 0.6 is 0 Å². The van der Waals surface area contributed by atoms with Gasteiger partial charge in [0.15, 0.2) is 0 Å². The van der Waals surface area contributed by atoms with Crippen LogP contribution in [0.2, 0.25) is 0 Å². The van der Waals surface area contributed by atoms with Gasteiger partial charge in [0.1, 0.15) is 0 Å². The van der Waals surface area contributed by atoms with E-state index < -0.39 is 0 Å². The zero-order valence-electron chi connectivity index (χ0n) is 19.6. The van der Waals surface area contributed by atoms with Crippen molar-refractivity contribution < 1.29 is 14.3 Å². The molecular formula is C26H23N7O3. The molecule has 0 unspecified atom stereocenters. The first-order valence-electron chi connectivity index (χ1n) is 11.8. The number of hydrogen-bond acceptors (Lipinski definition) is 7. The van der Waals surface area contributed by atoms with Crippen LogP contribution in [-0.2, 0) is 4.74 Å². The number of carbonyl (C=O) groups excluding carboxylic acids is 2. The quantitative estimate of drug-likeness (QED) is 0.297. The predicted octanol–water partition coefficient (Wildman–Crippen LogP) is 4.19. The molecule has 10 heteroatoms. The molecule has 0 atom stereocenters. The number of nitrogens with zero attached hydrogens (tertiary/aromatic N) is 6. The third-order valence-corrected chi connectivity index (χ3v) is 6.36. The molecule has 0 bridgehead atoms. The van der Waals surface area contributed by atoms with Crippen LogP contribution in [0.4, 0.5) is 15.3 Å². The summed E-state index contributed by atoms with van der Waals surface area (Å²) in [6.07, 6.45) is 3.16. The first kappa shape index (κ1) is 21.9. The topological polar surface area (TPSA) is 113 Å². The Morgan fingerprint density at radius 3 is 2.08 bits per heavy atom. The van der Waals surface area contributed by atoms with E-state index in [0.29, 0.717) is 44.0 Å². The monoisotopic (exact) mass is 481 g/mol. The van der Waals surface area contributed by atoms with Crippen LogP contribution in [0.25, 0.3) is 43.9 Å². The van der Waals surface area contributed by atoms with Crippen molar-refractivity contribution in [3.05, 3.63) is 54.9 Å². The van der Waals surface area contributed by atoms with Crippen molar-refractivity contribution in [2.75, 3.05) is 38.1 Å². The molecule has 1 fully saturated rings. The van der Waals surface area contributed by atoms with Gasteiger partial charge in [-0.05, 0) is 49.4 Å². The molecule has 0 spiro atoms. The van der Waals surface area contributed by atoms with Gasteiger partial charge in [-0.25, -0.2) is 19.6 Å². The molecule has 0 aliphatic carbocycles. The van der Waals surface area contributed by atoms with E-state index >= 15 is 0 Å². The Morgan fingerprint density at radius 2 is 1.44 bits per heavy atom. The fraction of sp³-hybridized carbons (Fsp3) is 0.231. The first-order valence-corrected chi connectivity index (χ1v) is 11.8. The van der Waals surface area contributed by atoms with E-state index in [2.05, 4.69) is 15.3 Å². The van der Waals surface area contributed by atoms with Crippen molar-refractivity contribution in [1.29, 1.82) is 0 Å². The van der Waals surface area contributed by atoms with Crippen molar-refractivity contribution in [2.24, 2.45) is 0 Å². The number of urea groups is 1. The van der Waals surface area contributed by atoms with Crippen molar-refractivity contribution in [3.63, 3.8) is 0 Å². The van der Waals surface area contributed by atoms with E-state index in [0.717, 1.165) is 38.4 Å². The highest BCUT2D eigenvalue weighted by molar-refractivity contribution is 6.21. The molecule has 5 aromatic rings. The molecule has 1 N–H and O–H groups in total. The molecule has 10 nitrogen and oxygen atoms in total. The second kappa shape index (κ2) is 8.88. The van der Waals surface area contributed by atoms with Gasteiger partial charge in [-0.3, -0.25) is 9.97 Å². The lowest BCUT2D eigenvalue weighted by Gasteiger charge is -2.34. The van der Waals surface area contributed by atoms with Gasteiger partial charge >= 0.3 is 12.1 Å².